The van der Waals surface area contributed by atoms with Crippen molar-refractivity contribution in [2.45, 2.75) is 0 Å². The van der Waals surface area contributed by atoms with Crippen LogP contribution in [0.3, 0.4) is 0 Å². The molecule has 0 aliphatic rings. The summed E-state index contributed by atoms with van der Waals surface area (Å²) in [6.45, 7) is 13.0. The van der Waals surface area contributed by atoms with Gasteiger partial charge in [-0.05, 0) is 0 Å². The lowest BCUT2D eigenvalue weighted by Gasteiger charge is -2.08. The fourth-order valence-corrected chi connectivity index (χ4v) is 1.85. The maximum absolute atomic E-state index is 5.41. The molecule has 0 atom stereocenters. The lowest BCUT2D eigenvalue weighted by Crippen LogP contribution is -2.15. The zero-order valence-electron chi connectivity index (χ0n) is 18.0. The van der Waals surface area contributed by atoms with Crippen LogP contribution >= 0.6 is 0 Å². The van der Waals surface area contributed by atoms with Crippen molar-refractivity contribution >= 4 is 0 Å². The van der Waals surface area contributed by atoms with Crippen molar-refractivity contribution in [3.63, 3.8) is 0 Å². The molecule has 0 radical (unpaired) electrons. The fourth-order valence-electron chi connectivity index (χ4n) is 1.85. The van der Waals surface area contributed by atoms with Gasteiger partial charge in [-0.2, -0.15) is 0 Å². The molecular formula is C20H40O9. The van der Waals surface area contributed by atoms with Gasteiger partial charge in [0, 0.05) is 7.11 Å². The second kappa shape index (κ2) is 27.4. The summed E-state index contributed by atoms with van der Waals surface area (Å²) in [5.74, 6) is 0. The van der Waals surface area contributed by atoms with Crippen LogP contribution < -0.4 is 0 Å². The first-order chi connectivity index (χ1) is 14.4. The average molecular weight is 425 g/mol. The van der Waals surface area contributed by atoms with Crippen LogP contribution in [0.1, 0.15) is 0 Å². The zero-order valence-corrected chi connectivity index (χ0v) is 18.0. The standard InChI is InChI=1S/C20H40O9/c1-3-4-22-7-8-24-11-12-26-15-16-28-19-20-29-18-17-27-14-13-25-10-9-23-6-5-21-2/h3H,1,4-20H2,2H3. The minimum absolute atomic E-state index is 0.534. The first-order valence-corrected chi connectivity index (χ1v) is 10.1. The van der Waals surface area contributed by atoms with Crippen LogP contribution in [-0.2, 0) is 42.6 Å². The van der Waals surface area contributed by atoms with Crippen molar-refractivity contribution in [2.24, 2.45) is 0 Å². The molecule has 0 aromatic carbocycles. The summed E-state index contributed by atoms with van der Waals surface area (Å²) in [5, 5.41) is 0. The molecule has 0 fully saturated rings. The third-order valence-electron chi connectivity index (χ3n) is 3.27. The van der Waals surface area contributed by atoms with Gasteiger partial charge in [0.25, 0.3) is 0 Å². The lowest BCUT2D eigenvalue weighted by molar-refractivity contribution is -0.0238. The third kappa shape index (κ3) is 27.4. The first-order valence-electron chi connectivity index (χ1n) is 10.1. The Morgan fingerprint density at radius 1 is 0.414 bits per heavy atom. The number of hydrogen-bond acceptors (Lipinski definition) is 9. The van der Waals surface area contributed by atoms with Crippen molar-refractivity contribution in [3.05, 3.63) is 12.7 Å². The van der Waals surface area contributed by atoms with Crippen LogP contribution in [0.4, 0.5) is 0 Å². The van der Waals surface area contributed by atoms with E-state index in [-0.39, 0.29) is 0 Å². The summed E-state index contributed by atoms with van der Waals surface area (Å²) < 4.78 is 47.7. The van der Waals surface area contributed by atoms with Crippen molar-refractivity contribution in [1.82, 2.24) is 0 Å². The Morgan fingerprint density at radius 3 is 0.897 bits per heavy atom. The van der Waals surface area contributed by atoms with Gasteiger partial charge in [-0.1, -0.05) is 6.08 Å². The Bertz CT molecular complexity index is 306. The van der Waals surface area contributed by atoms with E-state index in [4.69, 9.17) is 42.6 Å². The van der Waals surface area contributed by atoms with E-state index in [2.05, 4.69) is 6.58 Å². The van der Waals surface area contributed by atoms with Gasteiger partial charge in [-0.3, -0.25) is 0 Å². The van der Waals surface area contributed by atoms with Crippen molar-refractivity contribution in [2.75, 3.05) is 119 Å². The molecule has 0 bridgehead atoms. The Balaban J connectivity index is 2.97. The van der Waals surface area contributed by atoms with Gasteiger partial charge >= 0.3 is 0 Å². The summed E-state index contributed by atoms with van der Waals surface area (Å²) in [7, 11) is 1.65. The largest absolute Gasteiger partial charge is 0.382 e. The molecule has 0 aliphatic heterocycles. The lowest BCUT2D eigenvalue weighted by atomic mass is 10.6. The summed E-state index contributed by atoms with van der Waals surface area (Å²) in [4.78, 5) is 0. The maximum Gasteiger partial charge on any atom is 0.0704 e. The average Bonchev–Trinajstić information content (AvgIpc) is 2.74. The normalized spacial score (nSPS) is 11.2. The summed E-state index contributed by atoms with van der Waals surface area (Å²) >= 11 is 0. The van der Waals surface area contributed by atoms with E-state index in [9.17, 15) is 0 Å². The van der Waals surface area contributed by atoms with Gasteiger partial charge in [-0.25, -0.2) is 0 Å². The van der Waals surface area contributed by atoms with Gasteiger partial charge in [0.15, 0.2) is 0 Å². The zero-order chi connectivity index (χ0) is 21.1. The van der Waals surface area contributed by atoms with Crippen LogP contribution in [0.5, 0.6) is 0 Å². The molecule has 9 heteroatoms. The molecule has 0 rings (SSSR count). The second-order valence-electron chi connectivity index (χ2n) is 5.64. The molecule has 0 aromatic rings. The molecule has 9 nitrogen and oxygen atoms in total. The molecule has 0 N–H and O–H groups in total. The van der Waals surface area contributed by atoms with Crippen molar-refractivity contribution in [1.29, 1.82) is 0 Å². The second-order valence-corrected chi connectivity index (χ2v) is 5.64. The minimum Gasteiger partial charge on any atom is -0.382 e. The number of rotatable bonds is 26. The minimum atomic E-state index is 0.534. The predicted octanol–water partition coefficient (Wildman–Crippen LogP) is 0.952. The molecule has 0 saturated heterocycles. The molecule has 0 amide bonds. The fraction of sp³-hybridized carbons (Fsp3) is 0.900. The van der Waals surface area contributed by atoms with E-state index in [0.29, 0.717) is 112 Å². The quantitative estimate of drug-likeness (QED) is 0.149. The van der Waals surface area contributed by atoms with E-state index in [0.717, 1.165) is 0 Å². The van der Waals surface area contributed by atoms with E-state index >= 15 is 0 Å². The molecule has 0 spiro atoms. The highest BCUT2D eigenvalue weighted by Gasteiger charge is 1.94. The highest BCUT2D eigenvalue weighted by atomic mass is 16.6. The van der Waals surface area contributed by atoms with Crippen molar-refractivity contribution in [3.8, 4) is 0 Å². The first kappa shape index (κ1) is 28.4. The van der Waals surface area contributed by atoms with E-state index < -0.39 is 0 Å². The highest BCUT2D eigenvalue weighted by Crippen LogP contribution is 1.85. The Morgan fingerprint density at radius 2 is 0.655 bits per heavy atom. The molecule has 0 heterocycles. The van der Waals surface area contributed by atoms with Crippen molar-refractivity contribution < 1.29 is 42.6 Å². The summed E-state index contributed by atoms with van der Waals surface area (Å²) in [6, 6.07) is 0. The molecular weight excluding hydrogens is 384 g/mol. The summed E-state index contributed by atoms with van der Waals surface area (Å²) in [6.07, 6.45) is 1.71. The molecule has 0 saturated carbocycles. The topological polar surface area (TPSA) is 83.1 Å². The SMILES string of the molecule is C=CCOCCOCCOCCOCCOCCOCCOCCOCCOC. The van der Waals surface area contributed by atoms with Crippen LogP contribution in [-0.4, -0.2) is 119 Å². The number of hydrogen-bond donors (Lipinski definition) is 0. The molecule has 0 aliphatic carbocycles. The van der Waals surface area contributed by atoms with E-state index in [1.54, 1.807) is 13.2 Å². The molecule has 174 valence electrons. The van der Waals surface area contributed by atoms with Gasteiger partial charge < -0.3 is 42.6 Å². The van der Waals surface area contributed by atoms with Gasteiger partial charge in [0.1, 0.15) is 0 Å². The third-order valence-corrected chi connectivity index (χ3v) is 3.27. The molecule has 0 unspecified atom stereocenters. The Kier molecular flexibility index (Phi) is 26.8. The van der Waals surface area contributed by atoms with Gasteiger partial charge in [-0.15, -0.1) is 6.58 Å². The number of ether oxygens (including phenoxy) is 9. The maximum atomic E-state index is 5.41. The number of methoxy groups -OCH3 is 1. The van der Waals surface area contributed by atoms with Crippen LogP contribution in [0.15, 0.2) is 12.7 Å². The van der Waals surface area contributed by atoms with E-state index in [1.165, 1.54) is 0 Å². The van der Waals surface area contributed by atoms with Crippen LogP contribution in [0.25, 0.3) is 0 Å². The van der Waals surface area contributed by atoms with Crippen LogP contribution in [0.2, 0.25) is 0 Å². The predicted molar refractivity (Wildman–Crippen MR) is 109 cm³/mol. The Hall–Kier alpha value is -0.620. The van der Waals surface area contributed by atoms with Crippen LogP contribution in [0, 0.1) is 0 Å². The van der Waals surface area contributed by atoms with Gasteiger partial charge in [0.2, 0.25) is 0 Å². The monoisotopic (exact) mass is 424 g/mol. The van der Waals surface area contributed by atoms with Gasteiger partial charge in [0.05, 0.1) is 112 Å². The van der Waals surface area contributed by atoms with E-state index in [1.807, 2.05) is 0 Å². The molecule has 29 heavy (non-hydrogen) atoms. The smallest absolute Gasteiger partial charge is 0.0704 e. The highest BCUT2D eigenvalue weighted by molar-refractivity contribution is 4.63. The summed E-state index contributed by atoms with van der Waals surface area (Å²) in [5.41, 5.74) is 0. The Labute approximate surface area is 175 Å². The molecule has 0 aromatic heterocycles.